The number of amides is 1. The van der Waals surface area contributed by atoms with Crippen molar-refractivity contribution in [1.29, 1.82) is 0 Å². The molecule has 5 heterocycles. The first-order valence-corrected chi connectivity index (χ1v) is 14.8. The summed E-state index contributed by atoms with van der Waals surface area (Å²) in [6.07, 6.45) is 5.52. The van der Waals surface area contributed by atoms with E-state index in [0.29, 0.717) is 56.1 Å². The number of rotatable bonds is 6. The predicted molar refractivity (Wildman–Crippen MR) is 163 cm³/mol. The molecule has 2 aliphatic rings. The number of anilines is 1. The lowest BCUT2D eigenvalue weighted by Gasteiger charge is -2.47. The van der Waals surface area contributed by atoms with E-state index in [1.165, 1.54) is 6.33 Å². The van der Waals surface area contributed by atoms with Crippen molar-refractivity contribution >= 4 is 45.4 Å². The van der Waals surface area contributed by atoms with Crippen LogP contribution in [0, 0.1) is 0 Å². The highest BCUT2D eigenvalue weighted by Gasteiger charge is 2.41. The van der Waals surface area contributed by atoms with Gasteiger partial charge in [-0.15, -0.1) is 0 Å². The van der Waals surface area contributed by atoms with E-state index in [1.54, 1.807) is 0 Å². The summed E-state index contributed by atoms with van der Waals surface area (Å²) in [5.74, 6) is 0.719. The molecule has 216 valence electrons. The Morgan fingerprint density at radius 1 is 1.07 bits per heavy atom. The first-order valence-electron chi connectivity index (χ1n) is 14.4. The zero-order valence-electron chi connectivity index (χ0n) is 23.3. The van der Waals surface area contributed by atoms with Crippen molar-refractivity contribution in [2.45, 2.75) is 44.4 Å². The Balaban J connectivity index is 1.16. The van der Waals surface area contributed by atoms with E-state index in [9.17, 15) is 14.7 Å². The fourth-order valence-electron chi connectivity index (χ4n) is 6.45. The molecule has 2 saturated heterocycles. The number of carbonyl (C=O) groups is 1. The Labute approximate surface area is 247 Å². The number of hydrogen-bond acceptors (Lipinski definition) is 6. The molecule has 0 atom stereocenters. The van der Waals surface area contributed by atoms with Crippen LogP contribution in [0.15, 0.2) is 65.8 Å². The molecule has 1 amide bonds. The predicted octanol–water partition coefficient (Wildman–Crippen LogP) is 4.22. The van der Waals surface area contributed by atoms with Crippen molar-refractivity contribution < 1.29 is 9.90 Å². The van der Waals surface area contributed by atoms with Crippen molar-refractivity contribution in [1.82, 2.24) is 29.0 Å². The van der Waals surface area contributed by atoms with Gasteiger partial charge < -0.3 is 24.5 Å². The van der Waals surface area contributed by atoms with Crippen molar-refractivity contribution in [3.05, 3.63) is 76.6 Å². The number of imidazole rings is 1. The Bertz CT molecular complexity index is 1860. The summed E-state index contributed by atoms with van der Waals surface area (Å²) < 4.78 is 3.71. The molecule has 0 bridgehead atoms. The number of fused-ring (bicyclic) bond motifs is 2. The lowest BCUT2D eigenvalue weighted by Crippen LogP contribution is -2.61. The third-order valence-electron chi connectivity index (χ3n) is 8.84. The summed E-state index contributed by atoms with van der Waals surface area (Å²) in [5.41, 5.74) is 3.22. The smallest absolute Gasteiger partial charge is 0.326 e. The minimum absolute atomic E-state index is 0.00759. The standard InChI is InChI=1S/C31H32ClN7O3/c1-2-31(42)17-38(18-31)29-27-22(21-7-3-4-8-23(21)32)15-37(28(27)33-19-34-29)16-26(40)36-13-11-20(12-14-36)39-25-10-6-5-9-24(25)35-30(39)41/h3-10,15,19-20,42H,2,11-14,16-18H2,1H3,(H,35,41). The lowest BCUT2D eigenvalue weighted by atomic mass is 9.91. The largest absolute Gasteiger partial charge is 0.386 e. The van der Waals surface area contributed by atoms with E-state index in [1.807, 2.05) is 75.7 Å². The number of para-hydroxylation sites is 2. The number of aliphatic hydroxyl groups is 1. The van der Waals surface area contributed by atoms with Crippen LogP contribution in [0.5, 0.6) is 0 Å². The molecule has 2 fully saturated rings. The molecule has 11 heteroatoms. The van der Waals surface area contributed by atoms with Gasteiger partial charge in [0.25, 0.3) is 0 Å². The molecule has 7 rings (SSSR count). The average molecular weight is 586 g/mol. The van der Waals surface area contributed by atoms with E-state index in [2.05, 4.69) is 19.9 Å². The Morgan fingerprint density at radius 2 is 1.81 bits per heavy atom. The summed E-state index contributed by atoms with van der Waals surface area (Å²) in [5, 5.41) is 12.1. The normalized spacial score (nSPS) is 17.2. The number of nitrogens with one attached hydrogen (secondary N) is 1. The zero-order chi connectivity index (χ0) is 29.0. The summed E-state index contributed by atoms with van der Waals surface area (Å²) in [6.45, 7) is 4.19. The van der Waals surface area contributed by atoms with Gasteiger partial charge in [-0.2, -0.15) is 0 Å². The summed E-state index contributed by atoms with van der Waals surface area (Å²) in [4.78, 5) is 42.4. The number of halogens is 1. The molecule has 2 aromatic carbocycles. The van der Waals surface area contributed by atoms with Gasteiger partial charge in [0.1, 0.15) is 24.3 Å². The van der Waals surface area contributed by atoms with Crippen LogP contribution < -0.4 is 10.6 Å². The lowest BCUT2D eigenvalue weighted by molar-refractivity contribution is -0.133. The van der Waals surface area contributed by atoms with Crippen molar-refractivity contribution in [3.63, 3.8) is 0 Å². The number of hydrogen-bond donors (Lipinski definition) is 2. The van der Waals surface area contributed by atoms with E-state index in [4.69, 9.17) is 11.6 Å². The minimum atomic E-state index is -0.732. The number of benzene rings is 2. The van der Waals surface area contributed by atoms with Crippen LogP contribution in [0.4, 0.5) is 5.82 Å². The number of likely N-dealkylation sites (tertiary alicyclic amines) is 1. The van der Waals surface area contributed by atoms with Gasteiger partial charge in [0.15, 0.2) is 0 Å². The molecule has 0 radical (unpaired) electrons. The van der Waals surface area contributed by atoms with Crippen molar-refractivity contribution in [2.75, 3.05) is 31.1 Å². The average Bonchev–Trinajstić information content (AvgIpc) is 3.52. The first kappa shape index (κ1) is 26.7. The molecular formula is C31H32ClN7O3. The minimum Gasteiger partial charge on any atom is -0.386 e. The molecule has 42 heavy (non-hydrogen) atoms. The molecule has 0 spiro atoms. The van der Waals surface area contributed by atoms with E-state index < -0.39 is 5.60 Å². The van der Waals surface area contributed by atoms with Crippen LogP contribution in [0.25, 0.3) is 33.2 Å². The van der Waals surface area contributed by atoms with Gasteiger partial charge in [-0.25, -0.2) is 14.8 Å². The maximum atomic E-state index is 13.6. The maximum absolute atomic E-state index is 13.6. The Hall–Kier alpha value is -4.15. The monoisotopic (exact) mass is 585 g/mol. The van der Waals surface area contributed by atoms with Crippen LogP contribution in [0.3, 0.4) is 0 Å². The maximum Gasteiger partial charge on any atom is 0.326 e. The molecule has 0 aliphatic carbocycles. The quantitative estimate of drug-likeness (QED) is 0.309. The second-order valence-corrected chi connectivity index (χ2v) is 11.8. The van der Waals surface area contributed by atoms with Crippen LogP contribution in [0.1, 0.15) is 32.2 Å². The number of β-amino-alcohol motifs (C(OH)–C–C–N with tert-alkyl or cyclic N) is 1. The van der Waals surface area contributed by atoms with Gasteiger partial charge in [-0.05, 0) is 37.5 Å². The van der Waals surface area contributed by atoms with Gasteiger partial charge >= 0.3 is 5.69 Å². The zero-order valence-corrected chi connectivity index (χ0v) is 24.1. The van der Waals surface area contributed by atoms with E-state index >= 15 is 0 Å². The number of H-pyrrole nitrogens is 1. The molecule has 5 aromatic rings. The highest BCUT2D eigenvalue weighted by atomic mass is 35.5. The van der Waals surface area contributed by atoms with Gasteiger partial charge in [0.2, 0.25) is 5.91 Å². The molecule has 3 aromatic heterocycles. The summed E-state index contributed by atoms with van der Waals surface area (Å²) >= 11 is 6.64. The van der Waals surface area contributed by atoms with Gasteiger partial charge in [0, 0.05) is 54.6 Å². The second-order valence-electron chi connectivity index (χ2n) is 11.4. The molecule has 10 nitrogen and oxygen atoms in total. The third-order valence-corrected chi connectivity index (χ3v) is 9.17. The fraction of sp³-hybridized carbons (Fsp3) is 0.355. The van der Waals surface area contributed by atoms with E-state index in [-0.39, 0.29) is 24.2 Å². The number of aromatic nitrogens is 5. The molecule has 0 unspecified atom stereocenters. The fourth-order valence-corrected chi connectivity index (χ4v) is 6.68. The van der Waals surface area contributed by atoms with Crippen LogP contribution in [0.2, 0.25) is 5.02 Å². The third kappa shape index (κ3) is 4.46. The van der Waals surface area contributed by atoms with Crippen molar-refractivity contribution in [2.24, 2.45) is 0 Å². The van der Waals surface area contributed by atoms with Crippen LogP contribution >= 0.6 is 11.6 Å². The van der Waals surface area contributed by atoms with Crippen LogP contribution in [-0.2, 0) is 11.3 Å². The molecule has 2 N–H and O–H groups in total. The Kier molecular flexibility index (Phi) is 6.55. The van der Waals surface area contributed by atoms with Crippen molar-refractivity contribution in [3.8, 4) is 11.1 Å². The van der Waals surface area contributed by atoms with Crippen LogP contribution in [-0.4, -0.2) is 71.8 Å². The summed E-state index contributed by atoms with van der Waals surface area (Å²) in [6, 6.07) is 15.4. The SMILES string of the molecule is CCC1(O)CN(c2ncnc3c2c(-c2ccccc2Cl)cn3CC(=O)N2CCC(n3c(=O)[nH]c4ccccc43)CC2)C1. The first-order chi connectivity index (χ1) is 20.3. The highest BCUT2D eigenvalue weighted by Crippen LogP contribution is 2.41. The summed E-state index contributed by atoms with van der Waals surface area (Å²) in [7, 11) is 0. The number of piperidine rings is 1. The number of aromatic amines is 1. The number of carbonyl (C=O) groups excluding carboxylic acids is 1. The molecule has 0 saturated carbocycles. The van der Waals surface area contributed by atoms with E-state index in [0.717, 1.165) is 33.4 Å². The highest BCUT2D eigenvalue weighted by molar-refractivity contribution is 6.33. The molecule has 2 aliphatic heterocycles. The number of nitrogens with zero attached hydrogens (tertiary/aromatic N) is 6. The van der Waals surface area contributed by atoms with Gasteiger partial charge in [-0.3, -0.25) is 9.36 Å². The van der Waals surface area contributed by atoms with Gasteiger partial charge in [-0.1, -0.05) is 48.9 Å². The second kappa shape index (κ2) is 10.3. The van der Waals surface area contributed by atoms with Gasteiger partial charge in [0.05, 0.1) is 22.0 Å². The molecular weight excluding hydrogens is 554 g/mol. The Morgan fingerprint density at radius 3 is 2.57 bits per heavy atom. The topological polar surface area (TPSA) is 112 Å².